The summed E-state index contributed by atoms with van der Waals surface area (Å²) in [7, 11) is 3.17. The molecule has 1 N–H and O–H groups in total. The number of ether oxygens (including phenoxy) is 1. The molecule has 0 saturated carbocycles. The van der Waals surface area contributed by atoms with Crippen molar-refractivity contribution in [1.82, 2.24) is 14.8 Å². The highest BCUT2D eigenvalue weighted by Gasteiger charge is 2.12. The van der Waals surface area contributed by atoms with Gasteiger partial charge in [0.05, 0.1) is 18.4 Å². The van der Waals surface area contributed by atoms with Crippen molar-refractivity contribution in [3.05, 3.63) is 35.2 Å². The van der Waals surface area contributed by atoms with Crippen LogP contribution in [0.2, 0.25) is 0 Å². The second-order valence-electron chi connectivity index (χ2n) is 4.95. The first-order valence-electron chi connectivity index (χ1n) is 6.90. The molecular formula is C15H18N4O3S. The normalized spacial score (nSPS) is 10.4. The molecule has 7 nitrogen and oxygen atoms in total. The summed E-state index contributed by atoms with van der Waals surface area (Å²) < 4.78 is 6.50. The number of anilines is 1. The number of aryl methyl sites for hydroxylation is 2. The van der Waals surface area contributed by atoms with Crippen molar-refractivity contribution in [3.8, 4) is 0 Å². The van der Waals surface area contributed by atoms with Crippen molar-refractivity contribution in [2.24, 2.45) is 7.05 Å². The molecule has 0 unspecified atom stereocenters. The van der Waals surface area contributed by atoms with E-state index in [0.29, 0.717) is 16.4 Å². The average molecular weight is 334 g/mol. The number of hydrogen-bond donors (Lipinski definition) is 1. The fraction of sp³-hybridized carbons (Fsp3) is 0.333. The van der Waals surface area contributed by atoms with Gasteiger partial charge in [0.1, 0.15) is 5.82 Å². The van der Waals surface area contributed by atoms with Gasteiger partial charge in [-0.1, -0.05) is 17.8 Å². The maximum atomic E-state index is 12.1. The van der Waals surface area contributed by atoms with E-state index in [9.17, 15) is 9.59 Å². The molecule has 2 rings (SSSR count). The number of amides is 1. The molecule has 2 aromatic rings. The van der Waals surface area contributed by atoms with Crippen molar-refractivity contribution >= 4 is 29.3 Å². The molecular weight excluding hydrogens is 316 g/mol. The highest BCUT2D eigenvalue weighted by Crippen LogP contribution is 2.19. The molecule has 0 aliphatic heterocycles. The molecule has 0 spiro atoms. The number of aromatic nitrogens is 3. The third kappa shape index (κ3) is 4.10. The first-order chi connectivity index (χ1) is 10.9. The molecule has 122 valence electrons. The third-order valence-corrected chi connectivity index (χ3v) is 4.34. The summed E-state index contributed by atoms with van der Waals surface area (Å²) in [5.41, 5.74) is 1.85. The number of thioether (sulfide) groups is 1. The van der Waals surface area contributed by atoms with Crippen LogP contribution in [0.1, 0.15) is 21.7 Å². The van der Waals surface area contributed by atoms with Gasteiger partial charge in [0.15, 0.2) is 5.16 Å². The van der Waals surface area contributed by atoms with E-state index < -0.39 is 5.97 Å². The summed E-state index contributed by atoms with van der Waals surface area (Å²) in [6.07, 6.45) is 0. The number of esters is 1. The minimum absolute atomic E-state index is 0.180. The first-order valence-corrected chi connectivity index (χ1v) is 7.88. The van der Waals surface area contributed by atoms with E-state index in [1.807, 2.05) is 25.5 Å². The second kappa shape index (κ2) is 7.28. The average Bonchev–Trinajstić information content (AvgIpc) is 2.86. The second-order valence-corrected chi connectivity index (χ2v) is 5.89. The van der Waals surface area contributed by atoms with Crippen LogP contribution >= 0.6 is 11.8 Å². The summed E-state index contributed by atoms with van der Waals surface area (Å²) in [6.45, 7) is 3.70. The maximum Gasteiger partial charge on any atom is 0.337 e. The Bertz CT molecular complexity index is 742. The lowest BCUT2D eigenvalue weighted by Gasteiger charge is -2.10. The molecule has 0 bridgehead atoms. The number of nitrogens with zero attached hydrogens (tertiary/aromatic N) is 3. The maximum absolute atomic E-state index is 12.1. The number of benzene rings is 1. The number of hydrogen-bond acceptors (Lipinski definition) is 6. The van der Waals surface area contributed by atoms with Gasteiger partial charge in [0, 0.05) is 12.7 Å². The molecule has 0 radical (unpaired) electrons. The zero-order chi connectivity index (χ0) is 17.0. The number of nitrogens with one attached hydrogen (secondary N) is 1. The first kappa shape index (κ1) is 17.0. The van der Waals surface area contributed by atoms with Crippen molar-refractivity contribution < 1.29 is 14.3 Å². The number of carbonyl (C=O) groups is 2. The largest absolute Gasteiger partial charge is 0.465 e. The van der Waals surface area contributed by atoms with Crippen LogP contribution in [0.3, 0.4) is 0 Å². The van der Waals surface area contributed by atoms with Crippen LogP contribution in [-0.2, 0) is 16.6 Å². The summed E-state index contributed by atoms with van der Waals surface area (Å²) in [5.74, 6) is 0.369. The predicted molar refractivity (Wildman–Crippen MR) is 87.6 cm³/mol. The quantitative estimate of drug-likeness (QED) is 0.664. The molecule has 0 atom stereocenters. The molecule has 0 aliphatic rings. The zero-order valence-corrected chi connectivity index (χ0v) is 14.2. The third-order valence-electron chi connectivity index (χ3n) is 3.32. The van der Waals surface area contributed by atoms with Crippen molar-refractivity contribution in [3.63, 3.8) is 0 Å². The van der Waals surface area contributed by atoms with Gasteiger partial charge in [-0.25, -0.2) is 4.79 Å². The van der Waals surface area contributed by atoms with Crippen LogP contribution in [0, 0.1) is 13.8 Å². The molecule has 1 heterocycles. The minimum Gasteiger partial charge on any atom is -0.465 e. The lowest BCUT2D eigenvalue weighted by molar-refractivity contribution is -0.113. The standard InChI is InChI=1S/C15H18N4O3S/c1-9-5-6-11(14(21)22-4)7-12(9)16-13(20)8-23-15-18-17-10(2)19(15)3/h5-7H,8H2,1-4H3,(H,16,20). The fourth-order valence-electron chi connectivity index (χ4n) is 1.83. The van der Waals surface area contributed by atoms with Gasteiger partial charge in [-0.15, -0.1) is 10.2 Å². The van der Waals surface area contributed by atoms with Gasteiger partial charge < -0.3 is 14.6 Å². The topological polar surface area (TPSA) is 86.1 Å². The summed E-state index contributed by atoms with van der Waals surface area (Å²) >= 11 is 1.30. The Morgan fingerprint density at radius 1 is 1.30 bits per heavy atom. The predicted octanol–water partition coefficient (Wildman–Crippen LogP) is 1.95. The van der Waals surface area contributed by atoms with E-state index in [-0.39, 0.29) is 11.7 Å². The molecule has 0 saturated heterocycles. The van der Waals surface area contributed by atoms with E-state index in [1.54, 1.807) is 18.2 Å². The van der Waals surface area contributed by atoms with Gasteiger partial charge in [0.25, 0.3) is 0 Å². The molecule has 1 amide bonds. The Hall–Kier alpha value is -2.35. The molecule has 23 heavy (non-hydrogen) atoms. The Morgan fingerprint density at radius 2 is 2.04 bits per heavy atom. The SMILES string of the molecule is COC(=O)c1ccc(C)c(NC(=O)CSc2nnc(C)n2C)c1. The molecule has 0 fully saturated rings. The Labute approximate surface area is 138 Å². The van der Waals surface area contributed by atoms with E-state index in [4.69, 9.17) is 0 Å². The van der Waals surface area contributed by atoms with Crippen LogP contribution < -0.4 is 5.32 Å². The van der Waals surface area contributed by atoms with Crippen LogP contribution in [0.4, 0.5) is 5.69 Å². The van der Waals surface area contributed by atoms with Crippen LogP contribution in [0.15, 0.2) is 23.4 Å². The van der Waals surface area contributed by atoms with Gasteiger partial charge in [-0.05, 0) is 31.5 Å². The van der Waals surface area contributed by atoms with E-state index in [2.05, 4.69) is 20.3 Å². The van der Waals surface area contributed by atoms with Gasteiger partial charge in [-0.2, -0.15) is 0 Å². The van der Waals surface area contributed by atoms with E-state index in [1.165, 1.54) is 18.9 Å². The monoisotopic (exact) mass is 334 g/mol. The Morgan fingerprint density at radius 3 is 2.65 bits per heavy atom. The number of rotatable bonds is 5. The van der Waals surface area contributed by atoms with Crippen LogP contribution in [-0.4, -0.2) is 39.5 Å². The zero-order valence-electron chi connectivity index (χ0n) is 13.4. The number of carbonyl (C=O) groups excluding carboxylic acids is 2. The lowest BCUT2D eigenvalue weighted by Crippen LogP contribution is -2.16. The fourth-order valence-corrected chi connectivity index (χ4v) is 2.59. The number of methoxy groups -OCH3 is 1. The van der Waals surface area contributed by atoms with Crippen molar-refractivity contribution in [1.29, 1.82) is 0 Å². The van der Waals surface area contributed by atoms with Gasteiger partial charge in [0.2, 0.25) is 5.91 Å². The lowest BCUT2D eigenvalue weighted by atomic mass is 10.1. The molecule has 0 aliphatic carbocycles. The van der Waals surface area contributed by atoms with Gasteiger partial charge >= 0.3 is 5.97 Å². The molecule has 1 aromatic heterocycles. The summed E-state index contributed by atoms with van der Waals surface area (Å²) in [5, 5.41) is 11.4. The van der Waals surface area contributed by atoms with Crippen LogP contribution in [0.25, 0.3) is 0 Å². The van der Waals surface area contributed by atoms with Crippen molar-refractivity contribution in [2.45, 2.75) is 19.0 Å². The van der Waals surface area contributed by atoms with Gasteiger partial charge in [-0.3, -0.25) is 4.79 Å². The summed E-state index contributed by atoms with van der Waals surface area (Å²) in [4.78, 5) is 23.7. The highest BCUT2D eigenvalue weighted by atomic mass is 32.2. The van der Waals surface area contributed by atoms with E-state index in [0.717, 1.165) is 11.4 Å². The molecule has 8 heteroatoms. The highest BCUT2D eigenvalue weighted by molar-refractivity contribution is 7.99. The Balaban J connectivity index is 2.02. The molecule has 1 aromatic carbocycles. The summed E-state index contributed by atoms with van der Waals surface area (Å²) in [6, 6.07) is 5.03. The Kier molecular flexibility index (Phi) is 5.38. The van der Waals surface area contributed by atoms with E-state index >= 15 is 0 Å². The van der Waals surface area contributed by atoms with Crippen LogP contribution in [0.5, 0.6) is 0 Å². The minimum atomic E-state index is -0.440. The smallest absolute Gasteiger partial charge is 0.337 e. The van der Waals surface area contributed by atoms with Crippen molar-refractivity contribution in [2.75, 3.05) is 18.2 Å².